The molecule has 62 valence electrons. The van der Waals surface area contributed by atoms with Gasteiger partial charge in [0.1, 0.15) is 6.61 Å². The smallest absolute Gasteiger partial charge is 0.104 e. The molecule has 1 unspecified atom stereocenters. The van der Waals surface area contributed by atoms with Crippen LogP contribution in [0.4, 0.5) is 0 Å². The summed E-state index contributed by atoms with van der Waals surface area (Å²) in [5.41, 5.74) is 0. The summed E-state index contributed by atoms with van der Waals surface area (Å²) in [4.78, 5) is 2.29. The van der Waals surface area contributed by atoms with Gasteiger partial charge in [-0.25, -0.2) is 0 Å². The van der Waals surface area contributed by atoms with Gasteiger partial charge in [-0.2, -0.15) is 0 Å². The van der Waals surface area contributed by atoms with Gasteiger partial charge in [-0.3, -0.25) is 0 Å². The molecule has 0 aromatic carbocycles. The maximum Gasteiger partial charge on any atom is 0.104 e. The predicted molar refractivity (Wildman–Crippen MR) is 45.1 cm³/mol. The molecule has 1 atom stereocenters. The quantitative estimate of drug-likeness (QED) is 0.507. The summed E-state index contributed by atoms with van der Waals surface area (Å²) in [6.45, 7) is 2.25. The standard InChI is InChI=1S/C9H15NO/c1-10-6-2-4-9(8-10)5-3-7-11/h9,11H,2,4,6-8H2,1H3. The number of nitrogens with zero attached hydrogens (tertiary/aromatic N) is 1. The lowest BCUT2D eigenvalue weighted by atomic mass is 9.99. The predicted octanol–water partition coefficient (Wildman–Crippen LogP) is 0.324. The Morgan fingerprint density at radius 2 is 2.45 bits per heavy atom. The van der Waals surface area contributed by atoms with Gasteiger partial charge in [-0.1, -0.05) is 11.8 Å². The van der Waals surface area contributed by atoms with Crippen LogP contribution < -0.4 is 0 Å². The van der Waals surface area contributed by atoms with Crippen molar-refractivity contribution in [2.24, 2.45) is 5.92 Å². The lowest BCUT2D eigenvalue weighted by Crippen LogP contribution is -2.31. The van der Waals surface area contributed by atoms with Crippen LogP contribution in [0.5, 0.6) is 0 Å². The topological polar surface area (TPSA) is 23.5 Å². The van der Waals surface area contributed by atoms with Crippen molar-refractivity contribution in [3.63, 3.8) is 0 Å². The molecule has 1 N–H and O–H groups in total. The van der Waals surface area contributed by atoms with Gasteiger partial charge in [0.15, 0.2) is 0 Å². The minimum atomic E-state index is 0.000213. The third kappa shape index (κ3) is 2.92. The van der Waals surface area contributed by atoms with Crippen molar-refractivity contribution in [2.75, 3.05) is 26.7 Å². The molecule has 1 saturated heterocycles. The molecule has 1 rings (SSSR count). The summed E-state index contributed by atoms with van der Waals surface area (Å²) < 4.78 is 0. The molecule has 1 heterocycles. The lowest BCUT2D eigenvalue weighted by Gasteiger charge is -2.26. The average molecular weight is 153 g/mol. The van der Waals surface area contributed by atoms with Crippen molar-refractivity contribution in [1.29, 1.82) is 0 Å². The molecule has 1 aliphatic heterocycles. The van der Waals surface area contributed by atoms with E-state index in [-0.39, 0.29) is 6.61 Å². The Morgan fingerprint density at radius 3 is 3.09 bits per heavy atom. The van der Waals surface area contributed by atoms with Crippen LogP contribution in [0.1, 0.15) is 12.8 Å². The lowest BCUT2D eigenvalue weighted by molar-refractivity contribution is 0.242. The second kappa shape index (κ2) is 4.38. The number of hydrogen-bond acceptors (Lipinski definition) is 2. The molecule has 0 spiro atoms. The Kier molecular flexibility index (Phi) is 3.41. The van der Waals surface area contributed by atoms with Crippen molar-refractivity contribution in [3.05, 3.63) is 0 Å². The molecule has 1 aliphatic rings. The number of rotatable bonds is 0. The molecule has 0 bridgehead atoms. The molecular formula is C9H15NO. The van der Waals surface area contributed by atoms with E-state index in [0.717, 1.165) is 6.54 Å². The molecule has 11 heavy (non-hydrogen) atoms. The summed E-state index contributed by atoms with van der Waals surface area (Å²) in [6, 6.07) is 0. The van der Waals surface area contributed by atoms with E-state index in [0.29, 0.717) is 5.92 Å². The Hall–Kier alpha value is -0.520. The maximum atomic E-state index is 8.48. The van der Waals surface area contributed by atoms with Crippen molar-refractivity contribution in [2.45, 2.75) is 12.8 Å². The molecule has 0 radical (unpaired) electrons. The van der Waals surface area contributed by atoms with Gasteiger partial charge in [0, 0.05) is 12.5 Å². The van der Waals surface area contributed by atoms with E-state index in [1.54, 1.807) is 0 Å². The Morgan fingerprint density at radius 1 is 1.64 bits per heavy atom. The molecule has 2 heteroatoms. The summed E-state index contributed by atoms with van der Waals surface area (Å²) in [7, 11) is 2.12. The summed E-state index contributed by atoms with van der Waals surface area (Å²) in [5.74, 6) is 6.26. The zero-order valence-electron chi connectivity index (χ0n) is 7.01. The molecule has 0 aliphatic carbocycles. The van der Waals surface area contributed by atoms with Gasteiger partial charge >= 0.3 is 0 Å². The summed E-state index contributed by atoms with van der Waals surface area (Å²) >= 11 is 0. The van der Waals surface area contributed by atoms with Crippen LogP contribution in [0.2, 0.25) is 0 Å². The fourth-order valence-corrected chi connectivity index (χ4v) is 1.47. The van der Waals surface area contributed by atoms with Crippen LogP contribution in [0.25, 0.3) is 0 Å². The third-order valence-corrected chi connectivity index (χ3v) is 2.01. The largest absolute Gasteiger partial charge is 0.384 e. The van der Waals surface area contributed by atoms with Gasteiger partial charge in [-0.15, -0.1) is 0 Å². The van der Waals surface area contributed by atoms with E-state index < -0.39 is 0 Å². The highest BCUT2D eigenvalue weighted by Crippen LogP contribution is 2.13. The SMILES string of the molecule is CN1CCCC(C#CCO)C1. The van der Waals surface area contributed by atoms with Crippen molar-refractivity contribution in [3.8, 4) is 11.8 Å². The molecule has 0 amide bonds. The van der Waals surface area contributed by atoms with E-state index in [4.69, 9.17) is 5.11 Å². The fraction of sp³-hybridized carbons (Fsp3) is 0.778. The number of likely N-dealkylation sites (tertiary alicyclic amines) is 1. The molecule has 2 nitrogen and oxygen atoms in total. The van der Waals surface area contributed by atoms with Crippen LogP contribution in [0.15, 0.2) is 0 Å². The maximum absolute atomic E-state index is 8.48. The third-order valence-electron chi connectivity index (χ3n) is 2.01. The van der Waals surface area contributed by atoms with Gasteiger partial charge in [0.2, 0.25) is 0 Å². The second-order valence-corrected chi connectivity index (χ2v) is 3.08. The van der Waals surface area contributed by atoms with E-state index >= 15 is 0 Å². The average Bonchev–Trinajstić information content (AvgIpc) is 2.01. The zero-order chi connectivity index (χ0) is 8.10. The first-order valence-corrected chi connectivity index (χ1v) is 4.10. The highest BCUT2D eigenvalue weighted by atomic mass is 16.2. The van der Waals surface area contributed by atoms with Crippen LogP contribution in [-0.2, 0) is 0 Å². The minimum Gasteiger partial charge on any atom is -0.384 e. The minimum absolute atomic E-state index is 0.000213. The van der Waals surface area contributed by atoms with E-state index in [9.17, 15) is 0 Å². The van der Waals surface area contributed by atoms with E-state index in [2.05, 4.69) is 23.8 Å². The summed E-state index contributed by atoms with van der Waals surface area (Å²) in [5, 5.41) is 8.48. The first-order valence-electron chi connectivity index (χ1n) is 4.10. The normalized spacial score (nSPS) is 25.8. The monoisotopic (exact) mass is 153 g/mol. The second-order valence-electron chi connectivity index (χ2n) is 3.08. The number of aliphatic hydroxyl groups excluding tert-OH is 1. The van der Waals surface area contributed by atoms with Crippen LogP contribution in [0.3, 0.4) is 0 Å². The van der Waals surface area contributed by atoms with E-state index in [1.165, 1.54) is 19.4 Å². The Labute approximate surface area is 68.2 Å². The summed E-state index contributed by atoms with van der Waals surface area (Å²) in [6.07, 6.45) is 2.43. The van der Waals surface area contributed by atoms with Crippen LogP contribution in [-0.4, -0.2) is 36.8 Å². The Balaban J connectivity index is 2.34. The van der Waals surface area contributed by atoms with Gasteiger partial charge < -0.3 is 10.0 Å². The van der Waals surface area contributed by atoms with Crippen molar-refractivity contribution >= 4 is 0 Å². The van der Waals surface area contributed by atoms with E-state index in [1.807, 2.05) is 0 Å². The molecular weight excluding hydrogens is 138 g/mol. The number of piperidine rings is 1. The molecule has 1 fully saturated rings. The Bertz CT molecular complexity index is 168. The van der Waals surface area contributed by atoms with Crippen LogP contribution >= 0.6 is 0 Å². The first-order chi connectivity index (χ1) is 5.33. The van der Waals surface area contributed by atoms with Gasteiger partial charge in [0.05, 0.1) is 0 Å². The number of aliphatic hydroxyl groups is 1. The highest BCUT2D eigenvalue weighted by molar-refractivity contribution is 5.05. The van der Waals surface area contributed by atoms with Crippen LogP contribution in [0, 0.1) is 17.8 Å². The van der Waals surface area contributed by atoms with Crippen molar-refractivity contribution in [1.82, 2.24) is 4.90 Å². The molecule has 0 saturated carbocycles. The van der Waals surface area contributed by atoms with Crippen molar-refractivity contribution < 1.29 is 5.11 Å². The highest BCUT2D eigenvalue weighted by Gasteiger charge is 2.13. The zero-order valence-corrected chi connectivity index (χ0v) is 7.01. The molecule has 0 aromatic heterocycles. The first kappa shape index (κ1) is 8.58. The fourth-order valence-electron chi connectivity index (χ4n) is 1.47. The van der Waals surface area contributed by atoms with Gasteiger partial charge in [-0.05, 0) is 26.4 Å². The van der Waals surface area contributed by atoms with Gasteiger partial charge in [0.25, 0.3) is 0 Å². The molecule has 0 aromatic rings. The number of hydrogen-bond donors (Lipinski definition) is 1.